The van der Waals surface area contributed by atoms with E-state index in [1.165, 1.54) is 0 Å². The number of fused-ring (bicyclic) bond motifs is 3. The molecule has 0 atom stereocenters. The molecule has 3 heterocycles. The van der Waals surface area contributed by atoms with Gasteiger partial charge in [-0.25, -0.2) is 4.98 Å². The standard InChI is InChI=1S/C22H14Cl3N3OS/c1-28-19-5-2-11(22-26-13(9-23)10-30-22)6-15(19)16-8-17(21(29)27-20(16)28)14-4-3-12(24)7-18(14)25/h2-8,10H,9H2,1H3,(H,27,29). The maximum atomic E-state index is 12.8. The summed E-state index contributed by atoms with van der Waals surface area (Å²) >= 11 is 19.9. The fourth-order valence-electron chi connectivity index (χ4n) is 3.70. The Morgan fingerprint density at radius 2 is 1.90 bits per heavy atom. The third-order valence-electron chi connectivity index (χ3n) is 5.16. The van der Waals surface area contributed by atoms with Gasteiger partial charge in [0, 0.05) is 44.9 Å². The minimum atomic E-state index is -0.204. The molecule has 30 heavy (non-hydrogen) atoms. The summed E-state index contributed by atoms with van der Waals surface area (Å²) in [5.74, 6) is 0.388. The molecule has 0 saturated heterocycles. The van der Waals surface area contributed by atoms with Crippen LogP contribution in [-0.4, -0.2) is 14.5 Å². The Morgan fingerprint density at radius 3 is 2.63 bits per heavy atom. The molecule has 4 nitrogen and oxygen atoms in total. The van der Waals surface area contributed by atoms with Gasteiger partial charge in [0.05, 0.1) is 22.1 Å². The monoisotopic (exact) mass is 473 g/mol. The highest BCUT2D eigenvalue weighted by Gasteiger charge is 2.16. The van der Waals surface area contributed by atoms with Crippen LogP contribution >= 0.6 is 46.1 Å². The number of aryl methyl sites for hydroxylation is 1. The molecule has 150 valence electrons. The normalized spacial score (nSPS) is 11.6. The average molecular weight is 475 g/mol. The largest absolute Gasteiger partial charge is 0.330 e. The zero-order valence-electron chi connectivity index (χ0n) is 15.7. The predicted octanol–water partition coefficient (Wildman–Crippen LogP) is 6.86. The Labute approximate surface area is 190 Å². The quantitative estimate of drug-likeness (QED) is 0.290. The second-order valence-electron chi connectivity index (χ2n) is 6.97. The summed E-state index contributed by atoms with van der Waals surface area (Å²) in [6, 6.07) is 13.2. The molecule has 0 bridgehead atoms. The van der Waals surface area contributed by atoms with Crippen molar-refractivity contribution in [3.8, 4) is 21.7 Å². The highest BCUT2D eigenvalue weighted by molar-refractivity contribution is 7.13. The number of aromatic amines is 1. The van der Waals surface area contributed by atoms with Gasteiger partial charge in [0.25, 0.3) is 5.56 Å². The van der Waals surface area contributed by atoms with E-state index in [9.17, 15) is 4.79 Å². The molecule has 0 saturated carbocycles. The van der Waals surface area contributed by atoms with Gasteiger partial charge in [0.1, 0.15) is 10.7 Å². The number of thiazole rings is 1. The molecule has 3 aromatic heterocycles. The Morgan fingerprint density at radius 1 is 1.07 bits per heavy atom. The predicted molar refractivity (Wildman–Crippen MR) is 127 cm³/mol. The summed E-state index contributed by atoms with van der Waals surface area (Å²) in [5.41, 5.74) is 4.57. The number of rotatable bonds is 3. The van der Waals surface area contributed by atoms with Crippen LogP contribution in [0.15, 0.2) is 52.6 Å². The van der Waals surface area contributed by atoms with E-state index in [1.54, 1.807) is 29.5 Å². The van der Waals surface area contributed by atoms with Crippen molar-refractivity contribution in [3.05, 3.63) is 73.9 Å². The molecule has 5 aromatic rings. The first-order chi connectivity index (χ1) is 14.5. The molecule has 8 heteroatoms. The first-order valence-corrected chi connectivity index (χ1v) is 11.2. The van der Waals surface area contributed by atoms with Crippen LogP contribution in [0, 0.1) is 0 Å². The van der Waals surface area contributed by atoms with Crippen molar-refractivity contribution in [2.45, 2.75) is 5.88 Å². The lowest BCUT2D eigenvalue weighted by atomic mass is 10.0. The average Bonchev–Trinajstić information content (AvgIpc) is 3.31. The van der Waals surface area contributed by atoms with Gasteiger partial charge in [-0.05, 0) is 36.4 Å². The minimum Gasteiger partial charge on any atom is -0.330 e. The van der Waals surface area contributed by atoms with Crippen molar-refractivity contribution in [2.75, 3.05) is 0 Å². The number of hydrogen-bond donors (Lipinski definition) is 1. The molecule has 5 rings (SSSR count). The number of hydrogen-bond acceptors (Lipinski definition) is 3. The summed E-state index contributed by atoms with van der Waals surface area (Å²) in [6.45, 7) is 0. The zero-order chi connectivity index (χ0) is 21.0. The summed E-state index contributed by atoms with van der Waals surface area (Å²) in [5, 5.41) is 5.79. The number of aromatic nitrogens is 3. The second-order valence-corrected chi connectivity index (χ2v) is 8.94. The van der Waals surface area contributed by atoms with Crippen LogP contribution in [0.1, 0.15) is 5.69 Å². The smallest absolute Gasteiger partial charge is 0.257 e. The molecule has 0 spiro atoms. The van der Waals surface area contributed by atoms with Crippen molar-refractivity contribution in [3.63, 3.8) is 0 Å². The van der Waals surface area contributed by atoms with Crippen LogP contribution < -0.4 is 5.56 Å². The summed E-state index contributed by atoms with van der Waals surface area (Å²) in [7, 11) is 1.93. The van der Waals surface area contributed by atoms with E-state index in [0.717, 1.165) is 38.2 Å². The fourth-order valence-corrected chi connectivity index (χ4v) is 5.25. The van der Waals surface area contributed by atoms with E-state index in [0.29, 0.717) is 27.1 Å². The van der Waals surface area contributed by atoms with Gasteiger partial charge in [-0.15, -0.1) is 22.9 Å². The van der Waals surface area contributed by atoms with Crippen molar-refractivity contribution < 1.29 is 0 Å². The molecule has 0 radical (unpaired) electrons. The van der Waals surface area contributed by atoms with E-state index in [1.807, 2.05) is 35.2 Å². The SMILES string of the molecule is Cn1c2ccc(-c3nc(CCl)cs3)cc2c2cc(-c3ccc(Cl)cc3Cl)c(=O)[nH]c21. The third-order valence-corrected chi connectivity index (χ3v) is 6.92. The maximum Gasteiger partial charge on any atom is 0.257 e. The molecule has 2 aromatic carbocycles. The third kappa shape index (κ3) is 3.13. The van der Waals surface area contributed by atoms with Gasteiger partial charge in [0.2, 0.25) is 0 Å². The number of H-pyrrole nitrogens is 1. The molecule has 1 N–H and O–H groups in total. The second kappa shape index (κ2) is 7.43. The van der Waals surface area contributed by atoms with Gasteiger partial charge in [-0.1, -0.05) is 29.3 Å². The van der Waals surface area contributed by atoms with Crippen LogP contribution in [-0.2, 0) is 12.9 Å². The van der Waals surface area contributed by atoms with E-state index in [-0.39, 0.29) is 5.56 Å². The van der Waals surface area contributed by atoms with E-state index >= 15 is 0 Å². The van der Waals surface area contributed by atoms with Gasteiger partial charge >= 0.3 is 0 Å². The number of halogens is 3. The number of nitrogens with one attached hydrogen (secondary N) is 1. The molecule has 0 amide bonds. The Hall–Kier alpha value is -2.31. The molecule has 0 fully saturated rings. The van der Waals surface area contributed by atoms with Crippen LogP contribution in [0.3, 0.4) is 0 Å². The van der Waals surface area contributed by atoms with Crippen molar-refractivity contribution in [1.29, 1.82) is 0 Å². The summed E-state index contributed by atoms with van der Waals surface area (Å²) < 4.78 is 1.98. The molecular formula is C22H14Cl3N3OS. The highest BCUT2D eigenvalue weighted by atomic mass is 35.5. The zero-order valence-corrected chi connectivity index (χ0v) is 18.8. The topological polar surface area (TPSA) is 50.7 Å². The number of pyridine rings is 1. The van der Waals surface area contributed by atoms with E-state index in [2.05, 4.69) is 16.0 Å². The van der Waals surface area contributed by atoms with Gasteiger partial charge in [-0.3, -0.25) is 4.79 Å². The van der Waals surface area contributed by atoms with Crippen LogP contribution in [0.2, 0.25) is 10.0 Å². The minimum absolute atomic E-state index is 0.204. The number of benzene rings is 2. The molecule has 0 aliphatic heterocycles. The lowest BCUT2D eigenvalue weighted by molar-refractivity contribution is 0.984. The van der Waals surface area contributed by atoms with Crippen molar-refractivity contribution in [1.82, 2.24) is 14.5 Å². The van der Waals surface area contributed by atoms with Crippen molar-refractivity contribution in [2.24, 2.45) is 7.05 Å². The molecule has 0 unspecified atom stereocenters. The van der Waals surface area contributed by atoms with Gasteiger partial charge in [0.15, 0.2) is 0 Å². The summed E-state index contributed by atoms with van der Waals surface area (Å²) in [4.78, 5) is 20.4. The lowest BCUT2D eigenvalue weighted by Gasteiger charge is -2.05. The van der Waals surface area contributed by atoms with Crippen LogP contribution in [0.25, 0.3) is 43.6 Å². The van der Waals surface area contributed by atoms with Gasteiger partial charge < -0.3 is 9.55 Å². The van der Waals surface area contributed by atoms with Gasteiger partial charge in [-0.2, -0.15) is 0 Å². The lowest BCUT2D eigenvalue weighted by Crippen LogP contribution is -2.10. The highest BCUT2D eigenvalue weighted by Crippen LogP contribution is 2.35. The molecule has 0 aliphatic rings. The number of nitrogens with zero attached hydrogens (tertiary/aromatic N) is 2. The molecule has 0 aliphatic carbocycles. The Bertz CT molecular complexity index is 1500. The van der Waals surface area contributed by atoms with E-state index < -0.39 is 0 Å². The Balaban J connectivity index is 1.77. The van der Waals surface area contributed by atoms with E-state index in [4.69, 9.17) is 34.8 Å². The Kier molecular flexibility index (Phi) is 4.86. The van der Waals surface area contributed by atoms with Crippen LogP contribution in [0.4, 0.5) is 0 Å². The molecular weight excluding hydrogens is 461 g/mol. The first kappa shape index (κ1) is 19.6. The summed E-state index contributed by atoms with van der Waals surface area (Å²) in [6.07, 6.45) is 0. The van der Waals surface area contributed by atoms with Crippen LogP contribution in [0.5, 0.6) is 0 Å². The fraction of sp³-hybridized carbons (Fsp3) is 0.0909. The maximum absolute atomic E-state index is 12.8. The van der Waals surface area contributed by atoms with Crippen molar-refractivity contribution >= 4 is 68.1 Å². The number of alkyl halides is 1. The first-order valence-electron chi connectivity index (χ1n) is 9.08.